The zero-order valence-corrected chi connectivity index (χ0v) is 14.5. The van der Waals surface area contributed by atoms with E-state index in [0.29, 0.717) is 12.8 Å². The summed E-state index contributed by atoms with van der Waals surface area (Å²) in [6.07, 6.45) is 1.94. The number of hydrogen-bond donors (Lipinski definition) is 0. The molecule has 0 bridgehead atoms. The Bertz CT molecular complexity index is 832. The molecule has 1 aromatic carbocycles. The monoisotopic (exact) mass is 358 g/mol. The van der Waals surface area contributed by atoms with Crippen LogP contribution in [0.1, 0.15) is 12.8 Å². The summed E-state index contributed by atoms with van der Waals surface area (Å²) >= 11 is 0. The summed E-state index contributed by atoms with van der Waals surface area (Å²) in [6.45, 7) is 0.458. The predicted octanol–water partition coefficient (Wildman–Crippen LogP) is 1.02. The molecule has 0 aromatic heterocycles. The molecule has 0 radical (unpaired) electrons. The van der Waals surface area contributed by atoms with Crippen LogP contribution in [0.2, 0.25) is 0 Å². The van der Waals surface area contributed by atoms with Crippen LogP contribution in [-0.2, 0) is 19.9 Å². The molecule has 0 N–H and O–H groups in total. The van der Waals surface area contributed by atoms with Crippen molar-refractivity contribution < 1.29 is 21.6 Å². The van der Waals surface area contributed by atoms with Gasteiger partial charge in [-0.3, -0.25) is 0 Å². The van der Waals surface area contributed by atoms with Crippen LogP contribution in [0.15, 0.2) is 28.0 Å². The molecule has 0 spiro atoms. The number of sulfone groups is 1. The quantitative estimate of drug-likeness (QED) is 0.796. The first kappa shape index (κ1) is 17.7. The molecule has 7 nitrogen and oxygen atoms in total. The Morgan fingerprint density at radius 1 is 1.22 bits per heavy atom. The maximum Gasteiger partial charge on any atom is 0.246 e. The Morgan fingerprint density at radius 2 is 1.83 bits per heavy atom. The fraction of sp³-hybridized carbons (Fsp3) is 0.500. The molecule has 0 saturated carbocycles. The van der Waals surface area contributed by atoms with Gasteiger partial charge in [-0.05, 0) is 31.0 Å². The second-order valence-corrected chi connectivity index (χ2v) is 9.31. The van der Waals surface area contributed by atoms with E-state index in [4.69, 9.17) is 10.00 Å². The van der Waals surface area contributed by atoms with Crippen molar-refractivity contribution in [1.29, 1.82) is 5.26 Å². The van der Waals surface area contributed by atoms with Crippen molar-refractivity contribution in [1.82, 2.24) is 4.31 Å². The molecule has 0 atom stereocenters. The molecule has 126 valence electrons. The lowest BCUT2D eigenvalue weighted by Crippen LogP contribution is -2.38. The van der Waals surface area contributed by atoms with Crippen LogP contribution in [0.25, 0.3) is 0 Å². The number of ether oxygens (including phenoxy) is 1. The maximum absolute atomic E-state index is 12.8. The number of sulfonamides is 1. The summed E-state index contributed by atoms with van der Waals surface area (Å²) < 4.78 is 55.3. The van der Waals surface area contributed by atoms with Crippen molar-refractivity contribution in [2.24, 2.45) is 5.92 Å². The van der Waals surface area contributed by atoms with Crippen molar-refractivity contribution in [3.05, 3.63) is 18.2 Å². The van der Waals surface area contributed by atoms with Gasteiger partial charge < -0.3 is 4.74 Å². The van der Waals surface area contributed by atoms with Gasteiger partial charge in [0.25, 0.3) is 0 Å². The summed E-state index contributed by atoms with van der Waals surface area (Å²) in [7, 11) is -6.09. The average Bonchev–Trinajstić information content (AvgIpc) is 2.53. The van der Waals surface area contributed by atoms with Gasteiger partial charge in [0, 0.05) is 25.3 Å². The second kappa shape index (κ2) is 6.47. The van der Waals surface area contributed by atoms with Gasteiger partial charge in [-0.1, -0.05) is 0 Å². The van der Waals surface area contributed by atoms with Gasteiger partial charge in [-0.25, -0.2) is 16.8 Å². The number of nitriles is 1. The normalized spacial score (nSPS) is 17.6. The summed E-state index contributed by atoms with van der Waals surface area (Å²) in [6, 6.07) is 5.92. The van der Waals surface area contributed by atoms with Crippen LogP contribution >= 0.6 is 0 Å². The molecule has 1 aromatic rings. The molecule has 0 unspecified atom stereocenters. The van der Waals surface area contributed by atoms with Gasteiger partial charge in [0.1, 0.15) is 10.6 Å². The summed E-state index contributed by atoms with van der Waals surface area (Å²) in [4.78, 5) is -0.248. The molecule has 1 saturated heterocycles. The Kier molecular flexibility index (Phi) is 4.98. The summed E-state index contributed by atoms with van der Waals surface area (Å²) in [5, 5.41) is 8.90. The number of methoxy groups -OCH3 is 1. The highest BCUT2D eigenvalue weighted by Crippen LogP contribution is 2.31. The van der Waals surface area contributed by atoms with E-state index in [2.05, 4.69) is 6.07 Å². The Labute approximate surface area is 136 Å². The van der Waals surface area contributed by atoms with E-state index in [1.807, 2.05) is 0 Å². The first-order valence-corrected chi connectivity index (χ1v) is 10.3. The fourth-order valence-corrected chi connectivity index (χ4v) is 4.83. The molecule has 0 amide bonds. The van der Waals surface area contributed by atoms with Crippen LogP contribution < -0.4 is 4.74 Å². The lowest BCUT2D eigenvalue weighted by atomic mass is 10.0. The average molecular weight is 358 g/mol. The molecule has 1 heterocycles. The summed E-state index contributed by atoms with van der Waals surface area (Å²) in [5.74, 6) is -0.0505. The number of hydrogen-bond acceptors (Lipinski definition) is 6. The third-order valence-electron chi connectivity index (χ3n) is 3.82. The van der Waals surface area contributed by atoms with Gasteiger partial charge in [0.2, 0.25) is 10.0 Å². The van der Waals surface area contributed by atoms with E-state index in [0.717, 1.165) is 12.3 Å². The molecule has 1 aliphatic rings. The van der Waals surface area contributed by atoms with Gasteiger partial charge in [0.05, 0.1) is 18.1 Å². The van der Waals surface area contributed by atoms with Crippen LogP contribution in [0.5, 0.6) is 5.75 Å². The van der Waals surface area contributed by atoms with E-state index in [-0.39, 0.29) is 34.5 Å². The highest BCUT2D eigenvalue weighted by atomic mass is 32.2. The SMILES string of the molecule is COc1ccc(S(C)(=O)=O)cc1S(=O)(=O)N1CCC(C#N)CC1. The topological polar surface area (TPSA) is 105 Å². The largest absolute Gasteiger partial charge is 0.495 e. The molecule has 2 rings (SSSR count). The van der Waals surface area contributed by atoms with Crippen LogP contribution in [0, 0.1) is 17.2 Å². The Balaban J connectivity index is 2.45. The van der Waals surface area contributed by atoms with Crippen molar-refractivity contribution in [2.45, 2.75) is 22.6 Å². The standard InChI is InChI=1S/C14H18N2O5S2/c1-21-13-4-3-12(22(2,17)18)9-14(13)23(19,20)16-7-5-11(10-15)6-8-16/h3-4,9,11H,5-8H2,1-2H3. The van der Waals surface area contributed by atoms with Crippen LogP contribution in [0.4, 0.5) is 0 Å². The minimum atomic E-state index is -3.88. The number of rotatable bonds is 4. The maximum atomic E-state index is 12.8. The number of nitrogens with zero attached hydrogens (tertiary/aromatic N) is 2. The number of benzene rings is 1. The van der Waals surface area contributed by atoms with Crippen molar-refractivity contribution in [2.75, 3.05) is 26.5 Å². The van der Waals surface area contributed by atoms with Crippen LogP contribution in [0.3, 0.4) is 0 Å². The van der Waals surface area contributed by atoms with Crippen molar-refractivity contribution in [3.8, 4) is 11.8 Å². The highest BCUT2D eigenvalue weighted by Gasteiger charge is 2.32. The Hall–Kier alpha value is -1.63. The van der Waals surface area contributed by atoms with E-state index >= 15 is 0 Å². The van der Waals surface area contributed by atoms with Gasteiger partial charge >= 0.3 is 0 Å². The first-order valence-electron chi connectivity index (χ1n) is 6.98. The zero-order chi connectivity index (χ0) is 17.3. The molecular formula is C14H18N2O5S2. The lowest BCUT2D eigenvalue weighted by Gasteiger charge is -2.28. The number of piperidine rings is 1. The lowest BCUT2D eigenvalue weighted by molar-refractivity contribution is 0.308. The van der Waals surface area contributed by atoms with E-state index < -0.39 is 19.9 Å². The third-order valence-corrected chi connectivity index (χ3v) is 6.85. The minimum Gasteiger partial charge on any atom is -0.495 e. The second-order valence-electron chi connectivity index (χ2n) is 5.39. The van der Waals surface area contributed by atoms with Gasteiger partial charge in [-0.2, -0.15) is 9.57 Å². The highest BCUT2D eigenvalue weighted by molar-refractivity contribution is 7.91. The van der Waals surface area contributed by atoms with Crippen molar-refractivity contribution in [3.63, 3.8) is 0 Å². The molecule has 23 heavy (non-hydrogen) atoms. The summed E-state index contributed by atoms with van der Waals surface area (Å²) in [5.41, 5.74) is 0. The fourth-order valence-electron chi connectivity index (χ4n) is 2.45. The molecule has 1 aliphatic heterocycles. The Morgan fingerprint density at radius 3 is 2.30 bits per heavy atom. The van der Waals surface area contributed by atoms with Gasteiger partial charge in [-0.15, -0.1) is 0 Å². The first-order chi connectivity index (χ1) is 10.7. The third kappa shape index (κ3) is 3.65. The van der Waals surface area contributed by atoms with Gasteiger partial charge in [0.15, 0.2) is 9.84 Å². The van der Waals surface area contributed by atoms with Crippen LogP contribution in [-0.4, -0.2) is 47.6 Å². The van der Waals surface area contributed by atoms with E-state index in [1.165, 1.54) is 23.5 Å². The smallest absolute Gasteiger partial charge is 0.246 e. The van der Waals surface area contributed by atoms with Crippen molar-refractivity contribution >= 4 is 19.9 Å². The zero-order valence-electron chi connectivity index (χ0n) is 12.9. The predicted molar refractivity (Wildman–Crippen MR) is 83.2 cm³/mol. The molecular weight excluding hydrogens is 340 g/mol. The molecule has 9 heteroatoms. The van der Waals surface area contributed by atoms with E-state index in [9.17, 15) is 16.8 Å². The molecule has 1 fully saturated rings. The molecule has 0 aliphatic carbocycles. The minimum absolute atomic E-state index is 0.0798. The van der Waals surface area contributed by atoms with E-state index in [1.54, 1.807) is 0 Å².